The van der Waals surface area contributed by atoms with Gasteiger partial charge in [0.15, 0.2) is 0 Å². The molecule has 0 aliphatic heterocycles. The van der Waals surface area contributed by atoms with Crippen molar-refractivity contribution in [1.29, 1.82) is 0 Å². The minimum absolute atomic E-state index is 0.279. The highest BCUT2D eigenvalue weighted by Gasteiger charge is 2.09. The second kappa shape index (κ2) is 6.80. The Labute approximate surface area is 135 Å². The first-order chi connectivity index (χ1) is 11.2. The van der Waals surface area contributed by atoms with E-state index in [4.69, 9.17) is 4.42 Å². The van der Waals surface area contributed by atoms with Gasteiger partial charge in [-0.1, -0.05) is 49.4 Å². The van der Waals surface area contributed by atoms with E-state index in [2.05, 4.69) is 0 Å². The fourth-order valence-corrected chi connectivity index (χ4v) is 2.67. The van der Waals surface area contributed by atoms with Gasteiger partial charge >= 0.3 is 5.63 Å². The van der Waals surface area contributed by atoms with Crippen LogP contribution in [-0.2, 0) is 6.42 Å². The largest absolute Gasteiger partial charge is 0.422 e. The summed E-state index contributed by atoms with van der Waals surface area (Å²) in [4.78, 5) is 12.3. The molecule has 118 valence electrons. The summed E-state index contributed by atoms with van der Waals surface area (Å²) in [5, 5.41) is 10.6. The average molecular weight is 308 g/mol. The number of rotatable bonds is 5. The summed E-state index contributed by atoms with van der Waals surface area (Å²) < 4.78 is 5.50. The van der Waals surface area contributed by atoms with E-state index in [-0.39, 0.29) is 11.7 Å². The maximum absolute atomic E-state index is 12.3. The topological polar surface area (TPSA) is 50.4 Å². The van der Waals surface area contributed by atoms with Crippen LogP contribution in [0.1, 0.15) is 25.3 Å². The molecule has 0 bridgehead atoms. The molecule has 0 aliphatic rings. The minimum atomic E-state index is -0.325. The Morgan fingerprint density at radius 3 is 2.61 bits per heavy atom. The molecule has 1 aromatic heterocycles. The number of benzene rings is 2. The monoisotopic (exact) mass is 308 g/mol. The van der Waals surface area contributed by atoms with E-state index < -0.39 is 0 Å². The SMILES string of the molecule is CCC(O)CCc1ccc2cc(-c3ccccc3)c(=O)oc2c1. The Hall–Kier alpha value is -2.39. The van der Waals surface area contributed by atoms with Crippen molar-refractivity contribution in [2.45, 2.75) is 32.3 Å². The number of aliphatic hydroxyl groups is 1. The molecule has 1 N–H and O–H groups in total. The Morgan fingerprint density at radius 1 is 1.09 bits per heavy atom. The maximum atomic E-state index is 12.3. The Balaban J connectivity index is 1.95. The van der Waals surface area contributed by atoms with Crippen molar-refractivity contribution in [3.05, 3.63) is 70.6 Å². The lowest BCUT2D eigenvalue weighted by molar-refractivity contribution is 0.160. The zero-order chi connectivity index (χ0) is 16.2. The first-order valence-corrected chi connectivity index (χ1v) is 7.97. The molecule has 1 unspecified atom stereocenters. The predicted octanol–water partition coefficient (Wildman–Crippen LogP) is 4.16. The maximum Gasteiger partial charge on any atom is 0.344 e. The summed E-state index contributed by atoms with van der Waals surface area (Å²) in [7, 11) is 0. The fourth-order valence-electron chi connectivity index (χ4n) is 2.67. The summed E-state index contributed by atoms with van der Waals surface area (Å²) in [6.45, 7) is 1.97. The number of aryl methyl sites for hydroxylation is 1. The van der Waals surface area contributed by atoms with Gasteiger partial charge in [-0.25, -0.2) is 4.79 Å². The molecule has 0 fully saturated rings. The van der Waals surface area contributed by atoms with Gasteiger partial charge in [0.1, 0.15) is 5.58 Å². The van der Waals surface area contributed by atoms with E-state index in [0.717, 1.165) is 29.4 Å². The first kappa shape index (κ1) is 15.5. The third kappa shape index (κ3) is 3.51. The van der Waals surface area contributed by atoms with Gasteiger partial charge < -0.3 is 9.52 Å². The van der Waals surface area contributed by atoms with Gasteiger partial charge in [0.25, 0.3) is 0 Å². The summed E-state index contributed by atoms with van der Waals surface area (Å²) in [6.07, 6.45) is 1.96. The second-order valence-corrected chi connectivity index (χ2v) is 5.79. The molecular weight excluding hydrogens is 288 g/mol. The molecule has 3 heteroatoms. The molecule has 3 nitrogen and oxygen atoms in total. The van der Waals surface area contributed by atoms with E-state index in [1.165, 1.54) is 0 Å². The Bertz CT molecular complexity index is 850. The van der Waals surface area contributed by atoms with Gasteiger partial charge in [-0.15, -0.1) is 0 Å². The lowest BCUT2D eigenvalue weighted by Gasteiger charge is -2.08. The third-order valence-electron chi connectivity index (χ3n) is 4.12. The zero-order valence-corrected chi connectivity index (χ0v) is 13.2. The molecule has 0 saturated carbocycles. The van der Waals surface area contributed by atoms with Crippen LogP contribution in [0, 0.1) is 0 Å². The summed E-state index contributed by atoms with van der Waals surface area (Å²) in [5.74, 6) is 0. The zero-order valence-electron chi connectivity index (χ0n) is 13.2. The highest BCUT2D eigenvalue weighted by atomic mass is 16.4. The normalized spacial score (nSPS) is 12.4. The summed E-state index contributed by atoms with van der Waals surface area (Å²) >= 11 is 0. The van der Waals surface area contributed by atoms with Crippen LogP contribution in [-0.4, -0.2) is 11.2 Å². The second-order valence-electron chi connectivity index (χ2n) is 5.79. The molecule has 2 aromatic carbocycles. The van der Waals surface area contributed by atoms with Crippen molar-refractivity contribution < 1.29 is 9.52 Å². The number of hydrogen-bond donors (Lipinski definition) is 1. The molecule has 1 heterocycles. The van der Waals surface area contributed by atoms with Crippen LogP contribution in [0.15, 0.2) is 63.8 Å². The summed E-state index contributed by atoms with van der Waals surface area (Å²) in [6, 6.07) is 17.3. The third-order valence-corrected chi connectivity index (χ3v) is 4.12. The van der Waals surface area contributed by atoms with Gasteiger partial charge in [0, 0.05) is 5.39 Å². The van der Waals surface area contributed by atoms with E-state index in [9.17, 15) is 9.90 Å². The number of fused-ring (bicyclic) bond motifs is 1. The molecule has 3 aromatic rings. The van der Waals surface area contributed by atoms with Crippen LogP contribution in [0.2, 0.25) is 0 Å². The molecule has 0 saturated heterocycles. The standard InChI is InChI=1S/C20H20O3/c1-2-17(21)11-9-14-8-10-16-13-18(15-6-4-3-5-7-15)20(22)23-19(16)12-14/h3-8,10,12-13,17,21H,2,9,11H2,1H3. The molecular formula is C20H20O3. The van der Waals surface area contributed by atoms with E-state index >= 15 is 0 Å². The van der Waals surface area contributed by atoms with Crippen LogP contribution in [0.4, 0.5) is 0 Å². The molecule has 0 spiro atoms. The molecule has 0 aliphatic carbocycles. The van der Waals surface area contributed by atoms with E-state index in [0.29, 0.717) is 17.6 Å². The molecule has 0 radical (unpaired) electrons. The van der Waals surface area contributed by atoms with Crippen molar-refractivity contribution >= 4 is 11.0 Å². The van der Waals surface area contributed by atoms with Crippen LogP contribution in [0.25, 0.3) is 22.1 Å². The average Bonchev–Trinajstić information content (AvgIpc) is 2.59. The quantitative estimate of drug-likeness (QED) is 0.720. The highest BCUT2D eigenvalue weighted by Crippen LogP contribution is 2.22. The van der Waals surface area contributed by atoms with Gasteiger partial charge in [-0.3, -0.25) is 0 Å². The van der Waals surface area contributed by atoms with Crippen molar-refractivity contribution in [2.75, 3.05) is 0 Å². The van der Waals surface area contributed by atoms with Crippen molar-refractivity contribution in [3.63, 3.8) is 0 Å². The van der Waals surface area contributed by atoms with Crippen molar-refractivity contribution in [1.82, 2.24) is 0 Å². The Kier molecular flexibility index (Phi) is 4.58. The molecule has 3 rings (SSSR count). The lowest BCUT2D eigenvalue weighted by Crippen LogP contribution is -2.06. The van der Waals surface area contributed by atoms with Gasteiger partial charge in [0.05, 0.1) is 11.7 Å². The van der Waals surface area contributed by atoms with Crippen LogP contribution in [0.3, 0.4) is 0 Å². The highest BCUT2D eigenvalue weighted by molar-refractivity contribution is 5.82. The summed E-state index contributed by atoms with van der Waals surface area (Å²) in [5.41, 5.74) is 2.78. The van der Waals surface area contributed by atoms with Crippen LogP contribution in [0.5, 0.6) is 0 Å². The van der Waals surface area contributed by atoms with Crippen molar-refractivity contribution in [3.8, 4) is 11.1 Å². The van der Waals surface area contributed by atoms with Crippen LogP contribution < -0.4 is 5.63 Å². The molecule has 23 heavy (non-hydrogen) atoms. The van der Waals surface area contributed by atoms with E-state index in [1.807, 2.05) is 61.5 Å². The fraction of sp³-hybridized carbons (Fsp3) is 0.250. The van der Waals surface area contributed by atoms with Gasteiger partial charge in [-0.05, 0) is 42.5 Å². The van der Waals surface area contributed by atoms with Gasteiger partial charge in [-0.2, -0.15) is 0 Å². The first-order valence-electron chi connectivity index (χ1n) is 7.97. The molecule has 0 amide bonds. The van der Waals surface area contributed by atoms with Crippen LogP contribution >= 0.6 is 0 Å². The smallest absolute Gasteiger partial charge is 0.344 e. The van der Waals surface area contributed by atoms with E-state index in [1.54, 1.807) is 0 Å². The number of hydrogen-bond acceptors (Lipinski definition) is 3. The minimum Gasteiger partial charge on any atom is -0.422 e. The molecule has 1 atom stereocenters. The lowest BCUT2D eigenvalue weighted by atomic mass is 10.0. The van der Waals surface area contributed by atoms with Crippen molar-refractivity contribution in [2.24, 2.45) is 0 Å². The Morgan fingerprint density at radius 2 is 1.87 bits per heavy atom. The van der Waals surface area contributed by atoms with Gasteiger partial charge in [0.2, 0.25) is 0 Å². The predicted molar refractivity (Wildman–Crippen MR) is 92.5 cm³/mol. The number of aliphatic hydroxyl groups excluding tert-OH is 1.